The predicted octanol–water partition coefficient (Wildman–Crippen LogP) is 9.96. The fourth-order valence-electron chi connectivity index (χ4n) is 6.23. The highest BCUT2D eigenvalue weighted by Gasteiger charge is 2.26. The standard InChI is InChI=1S/C39H33N/c1-5-7-20-32(27(3)4)37-31(6-2)33-21-11-12-22-34(33)39-38(37)35-23-13-14-24-36(35)40(39)30-19-15-18-29(26-30)25-28-16-9-8-10-17-28/h1,6-13,15-23,26H,2,14,24-25H2,3-4H3/b20-7-. The van der Waals surface area contributed by atoms with Crippen LogP contribution in [0.2, 0.25) is 0 Å². The molecule has 1 aliphatic rings. The van der Waals surface area contributed by atoms with Gasteiger partial charge < -0.3 is 4.57 Å². The van der Waals surface area contributed by atoms with Gasteiger partial charge >= 0.3 is 0 Å². The maximum Gasteiger partial charge on any atom is 0.0622 e. The number of terminal acetylenes is 1. The van der Waals surface area contributed by atoms with E-state index in [2.05, 4.69) is 128 Å². The van der Waals surface area contributed by atoms with Gasteiger partial charge in [-0.3, -0.25) is 0 Å². The molecule has 194 valence electrons. The van der Waals surface area contributed by atoms with E-state index in [1.807, 2.05) is 12.2 Å². The average Bonchev–Trinajstić information content (AvgIpc) is 3.33. The number of hydrogen-bond donors (Lipinski definition) is 0. The monoisotopic (exact) mass is 515 g/mol. The Labute approximate surface area is 237 Å². The van der Waals surface area contributed by atoms with E-state index < -0.39 is 0 Å². The molecule has 1 aromatic heterocycles. The van der Waals surface area contributed by atoms with Crippen molar-refractivity contribution in [3.63, 3.8) is 0 Å². The molecule has 0 bridgehead atoms. The Bertz CT molecular complexity index is 1890. The van der Waals surface area contributed by atoms with Crippen molar-refractivity contribution in [1.29, 1.82) is 0 Å². The van der Waals surface area contributed by atoms with Crippen LogP contribution in [0.25, 0.3) is 45.1 Å². The third-order valence-electron chi connectivity index (χ3n) is 7.91. The van der Waals surface area contributed by atoms with Crippen LogP contribution in [0.4, 0.5) is 0 Å². The summed E-state index contributed by atoms with van der Waals surface area (Å²) in [6, 6.07) is 28.5. The van der Waals surface area contributed by atoms with Crippen molar-refractivity contribution >= 4 is 39.4 Å². The molecule has 6 rings (SSSR count). The number of fused-ring (bicyclic) bond motifs is 5. The fraction of sp³-hybridized carbons (Fsp3) is 0.128. The minimum absolute atomic E-state index is 0.904. The van der Waals surface area contributed by atoms with E-state index in [4.69, 9.17) is 6.42 Å². The molecule has 1 heterocycles. The maximum absolute atomic E-state index is 5.69. The molecule has 0 N–H and O–H groups in total. The molecule has 1 nitrogen and oxygen atoms in total. The molecule has 0 aliphatic heterocycles. The summed E-state index contributed by atoms with van der Waals surface area (Å²) in [5, 5.41) is 3.71. The zero-order valence-corrected chi connectivity index (χ0v) is 23.2. The molecule has 40 heavy (non-hydrogen) atoms. The summed E-state index contributed by atoms with van der Waals surface area (Å²) in [4.78, 5) is 0. The first-order valence-corrected chi connectivity index (χ1v) is 14.0. The van der Waals surface area contributed by atoms with Crippen molar-refractivity contribution in [3.05, 3.63) is 143 Å². The van der Waals surface area contributed by atoms with E-state index in [9.17, 15) is 0 Å². The molecular weight excluding hydrogens is 482 g/mol. The van der Waals surface area contributed by atoms with Crippen LogP contribution in [0.3, 0.4) is 0 Å². The number of rotatable bonds is 6. The lowest BCUT2D eigenvalue weighted by molar-refractivity contribution is 0.888. The van der Waals surface area contributed by atoms with Gasteiger partial charge in [-0.05, 0) is 90.6 Å². The van der Waals surface area contributed by atoms with E-state index in [0.29, 0.717) is 0 Å². The van der Waals surface area contributed by atoms with Gasteiger partial charge in [-0.2, -0.15) is 0 Å². The van der Waals surface area contributed by atoms with Crippen molar-refractivity contribution in [2.24, 2.45) is 0 Å². The number of hydrogen-bond acceptors (Lipinski definition) is 0. The molecule has 0 saturated heterocycles. The Morgan fingerprint density at radius 3 is 2.45 bits per heavy atom. The van der Waals surface area contributed by atoms with Crippen molar-refractivity contribution in [2.45, 2.75) is 33.1 Å². The lowest BCUT2D eigenvalue weighted by Gasteiger charge is -2.18. The highest BCUT2D eigenvalue weighted by Crippen LogP contribution is 2.45. The first-order valence-electron chi connectivity index (χ1n) is 14.0. The molecule has 0 fully saturated rings. The number of benzene rings is 4. The van der Waals surface area contributed by atoms with Crippen molar-refractivity contribution in [3.8, 4) is 18.0 Å². The smallest absolute Gasteiger partial charge is 0.0622 e. The highest BCUT2D eigenvalue weighted by atomic mass is 15.0. The van der Waals surface area contributed by atoms with Gasteiger partial charge in [0, 0.05) is 27.7 Å². The highest BCUT2D eigenvalue weighted by molar-refractivity contribution is 6.19. The molecule has 1 heteroatoms. The Morgan fingerprint density at radius 2 is 1.70 bits per heavy atom. The molecular formula is C39H33N. The molecule has 4 aromatic carbocycles. The minimum Gasteiger partial charge on any atom is -0.312 e. The first-order chi connectivity index (χ1) is 19.6. The second kappa shape index (κ2) is 10.8. The molecule has 0 radical (unpaired) electrons. The van der Waals surface area contributed by atoms with E-state index in [-0.39, 0.29) is 0 Å². The number of allylic oxidation sites excluding steroid dienone is 5. The molecule has 0 unspecified atom stereocenters. The summed E-state index contributed by atoms with van der Waals surface area (Å²) in [5.41, 5.74) is 12.5. The molecule has 1 aliphatic carbocycles. The Kier molecular flexibility index (Phi) is 6.85. The van der Waals surface area contributed by atoms with Crippen molar-refractivity contribution in [1.82, 2.24) is 4.57 Å². The first kappa shape index (κ1) is 25.5. The third kappa shape index (κ3) is 4.33. The summed E-state index contributed by atoms with van der Waals surface area (Å²) >= 11 is 0. The van der Waals surface area contributed by atoms with Crippen LogP contribution in [-0.4, -0.2) is 4.57 Å². The average molecular weight is 516 g/mol. The van der Waals surface area contributed by atoms with Gasteiger partial charge in [0.2, 0.25) is 0 Å². The molecule has 0 saturated carbocycles. The summed E-state index contributed by atoms with van der Waals surface area (Å²) < 4.78 is 2.52. The zero-order valence-electron chi connectivity index (χ0n) is 23.2. The van der Waals surface area contributed by atoms with Gasteiger partial charge in [-0.25, -0.2) is 0 Å². The van der Waals surface area contributed by atoms with Crippen LogP contribution in [0.1, 0.15) is 53.8 Å². The molecule has 0 amide bonds. The number of aromatic nitrogens is 1. The minimum atomic E-state index is 0.904. The molecule has 0 spiro atoms. The summed E-state index contributed by atoms with van der Waals surface area (Å²) in [6.45, 7) is 8.61. The normalized spacial score (nSPS) is 12.5. The Balaban J connectivity index is 1.75. The summed E-state index contributed by atoms with van der Waals surface area (Å²) in [6.07, 6.45) is 19.2. The fourth-order valence-corrected chi connectivity index (χ4v) is 6.23. The predicted molar refractivity (Wildman–Crippen MR) is 174 cm³/mol. The van der Waals surface area contributed by atoms with Crippen LogP contribution < -0.4 is 0 Å². The zero-order chi connectivity index (χ0) is 27.6. The number of nitrogens with zero attached hydrogens (tertiary/aromatic N) is 1. The second-order valence-electron chi connectivity index (χ2n) is 10.6. The molecule has 0 atom stereocenters. The summed E-state index contributed by atoms with van der Waals surface area (Å²) in [7, 11) is 0. The van der Waals surface area contributed by atoms with Crippen LogP contribution in [-0.2, 0) is 12.8 Å². The van der Waals surface area contributed by atoms with Gasteiger partial charge in [0.1, 0.15) is 0 Å². The second-order valence-corrected chi connectivity index (χ2v) is 10.6. The quantitative estimate of drug-likeness (QED) is 0.157. The van der Waals surface area contributed by atoms with E-state index in [1.165, 1.54) is 60.9 Å². The van der Waals surface area contributed by atoms with Crippen LogP contribution >= 0.6 is 0 Å². The van der Waals surface area contributed by atoms with Crippen molar-refractivity contribution in [2.75, 3.05) is 0 Å². The van der Waals surface area contributed by atoms with Crippen LogP contribution in [0.5, 0.6) is 0 Å². The Morgan fingerprint density at radius 1 is 0.950 bits per heavy atom. The summed E-state index contributed by atoms with van der Waals surface area (Å²) in [5.74, 6) is 2.71. The lowest BCUT2D eigenvalue weighted by Crippen LogP contribution is -2.04. The van der Waals surface area contributed by atoms with Gasteiger partial charge in [0.15, 0.2) is 0 Å². The van der Waals surface area contributed by atoms with E-state index >= 15 is 0 Å². The lowest BCUT2D eigenvalue weighted by atomic mass is 9.86. The van der Waals surface area contributed by atoms with Gasteiger partial charge in [0.05, 0.1) is 5.52 Å². The Hall–Kier alpha value is -4.80. The molecule has 5 aromatic rings. The van der Waals surface area contributed by atoms with Crippen molar-refractivity contribution < 1.29 is 0 Å². The SMILES string of the molecule is C#C/C=C\C(=C(C)C)c1c(C=C)c2ccccc2c2c1c1c(n2-c2cccc(Cc3ccccc3)c2)CCC=C1. The van der Waals surface area contributed by atoms with Gasteiger partial charge in [-0.1, -0.05) is 103 Å². The van der Waals surface area contributed by atoms with Crippen LogP contribution in [0.15, 0.2) is 109 Å². The topological polar surface area (TPSA) is 4.93 Å². The largest absolute Gasteiger partial charge is 0.312 e. The third-order valence-corrected chi connectivity index (χ3v) is 7.91. The van der Waals surface area contributed by atoms with Gasteiger partial charge in [0.25, 0.3) is 0 Å². The van der Waals surface area contributed by atoms with E-state index in [0.717, 1.165) is 30.4 Å². The maximum atomic E-state index is 5.69. The van der Waals surface area contributed by atoms with Crippen LogP contribution in [0, 0.1) is 12.3 Å². The van der Waals surface area contributed by atoms with E-state index in [1.54, 1.807) is 0 Å². The van der Waals surface area contributed by atoms with Gasteiger partial charge in [-0.15, -0.1) is 6.42 Å².